The van der Waals surface area contributed by atoms with Crippen LogP contribution in [0.1, 0.15) is 33.1 Å². The van der Waals surface area contributed by atoms with Crippen molar-refractivity contribution >= 4 is 5.78 Å². The van der Waals surface area contributed by atoms with Crippen molar-refractivity contribution in [2.45, 2.75) is 33.1 Å². The molecule has 0 spiro atoms. The van der Waals surface area contributed by atoms with Gasteiger partial charge in [0, 0.05) is 6.42 Å². The van der Waals surface area contributed by atoms with Gasteiger partial charge in [0.25, 0.3) is 0 Å². The predicted octanol–water partition coefficient (Wildman–Crippen LogP) is 1.91. The van der Waals surface area contributed by atoms with Gasteiger partial charge in [0.2, 0.25) is 0 Å². The van der Waals surface area contributed by atoms with Crippen LogP contribution in [0.3, 0.4) is 0 Å². The number of nitriles is 1. The zero-order valence-electron chi connectivity index (χ0n) is 7.55. The lowest BCUT2D eigenvalue weighted by molar-refractivity contribution is -0.126. The van der Waals surface area contributed by atoms with E-state index < -0.39 is 5.41 Å². The van der Waals surface area contributed by atoms with Crippen LogP contribution in [0, 0.1) is 28.1 Å². The summed E-state index contributed by atoms with van der Waals surface area (Å²) < 4.78 is 0. The molecule has 0 saturated heterocycles. The Morgan fingerprint density at radius 1 is 1.58 bits per heavy atom. The maximum atomic E-state index is 11.6. The Balaban J connectivity index is 2.55. The summed E-state index contributed by atoms with van der Waals surface area (Å²) in [5, 5.41) is 9.08. The first-order valence-electron chi connectivity index (χ1n) is 4.49. The normalized spacial score (nSPS) is 43.1. The van der Waals surface area contributed by atoms with Gasteiger partial charge in [-0.1, -0.05) is 13.8 Å². The Bertz CT molecular complexity index is 287. The molecule has 64 valence electrons. The van der Waals surface area contributed by atoms with E-state index in [9.17, 15) is 4.79 Å². The van der Waals surface area contributed by atoms with Crippen LogP contribution >= 0.6 is 0 Å². The zero-order chi connectivity index (χ0) is 8.98. The summed E-state index contributed by atoms with van der Waals surface area (Å²) in [5.74, 6) is 0.649. The van der Waals surface area contributed by atoms with Crippen LogP contribution in [0.5, 0.6) is 0 Å². The van der Waals surface area contributed by atoms with Crippen LogP contribution in [0.4, 0.5) is 0 Å². The fourth-order valence-electron chi connectivity index (χ4n) is 2.94. The maximum Gasteiger partial charge on any atom is 0.153 e. The van der Waals surface area contributed by atoms with Crippen LogP contribution in [-0.2, 0) is 4.79 Å². The molecule has 0 heterocycles. The van der Waals surface area contributed by atoms with Crippen molar-refractivity contribution < 1.29 is 4.79 Å². The van der Waals surface area contributed by atoms with Crippen molar-refractivity contribution in [1.82, 2.24) is 0 Å². The number of nitrogens with zero attached hydrogens (tertiary/aromatic N) is 1. The third-order valence-corrected chi connectivity index (χ3v) is 4.09. The number of hydrogen-bond acceptors (Lipinski definition) is 2. The summed E-state index contributed by atoms with van der Waals surface area (Å²) in [5.41, 5.74) is -0.698. The standard InChI is InChI=1S/C10H13NO/c1-9(2)7-3-4-10(9,6-11)8(12)5-7/h7H,3-5H2,1-2H3. The molecule has 2 saturated carbocycles. The van der Waals surface area contributed by atoms with Crippen molar-refractivity contribution in [1.29, 1.82) is 5.26 Å². The summed E-state index contributed by atoms with van der Waals surface area (Å²) in [6.45, 7) is 4.14. The van der Waals surface area contributed by atoms with Crippen molar-refractivity contribution in [2.75, 3.05) is 0 Å². The molecule has 2 aliphatic carbocycles. The van der Waals surface area contributed by atoms with Gasteiger partial charge in [0.1, 0.15) is 5.41 Å². The lowest BCUT2D eigenvalue weighted by atomic mass is 9.70. The summed E-state index contributed by atoms with van der Waals surface area (Å²) in [4.78, 5) is 11.6. The first-order valence-corrected chi connectivity index (χ1v) is 4.49. The van der Waals surface area contributed by atoms with Gasteiger partial charge in [-0.2, -0.15) is 5.26 Å². The molecular formula is C10H13NO. The molecule has 0 aromatic rings. The monoisotopic (exact) mass is 163 g/mol. The molecule has 0 N–H and O–H groups in total. The number of Topliss-reactive ketones (excluding diaryl/α,β-unsaturated/α-hetero) is 1. The Morgan fingerprint density at radius 2 is 2.25 bits per heavy atom. The van der Waals surface area contributed by atoms with Crippen LogP contribution in [-0.4, -0.2) is 5.78 Å². The van der Waals surface area contributed by atoms with E-state index in [0.717, 1.165) is 12.8 Å². The first kappa shape index (κ1) is 7.79. The van der Waals surface area contributed by atoms with E-state index in [1.807, 2.05) is 0 Å². The van der Waals surface area contributed by atoms with Gasteiger partial charge in [-0.3, -0.25) is 4.79 Å². The minimum atomic E-state index is -0.627. The van der Waals surface area contributed by atoms with Gasteiger partial charge in [-0.25, -0.2) is 0 Å². The SMILES string of the molecule is CC1(C)C2CCC1(C#N)C(=O)C2. The van der Waals surface area contributed by atoms with Crippen molar-refractivity contribution in [3.63, 3.8) is 0 Å². The molecule has 12 heavy (non-hydrogen) atoms. The van der Waals surface area contributed by atoms with E-state index in [2.05, 4.69) is 19.9 Å². The smallest absolute Gasteiger partial charge is 0.153 e. The van der Waals surface area contributed by atoms with E-state index in [-0.39, 0.29) is 11.2 Å². The lowest BCUT2D eigenvalue weighted by Crippen LogP contribution is -2.34. The quantitative estimate of drug-likeness (QED) is 0.547. The highest BCUT2D eigenvalue weighted by molar-refractivity contribution is 5.92. The number of hydrogen-bond donors (Lipinski definition) is 0. The lowest BCUT2D eigenvalue weighted by Gasteiger charge is -2.29. The van der Waals surface area contributed by atoms with Gasteiger partial charge < -0.3 is 0 Å². The second-order valence-corrected chi connectivity index (χ2v) is 4.60. The van der Waals surface area contributed by atoms with Gasteiger partial charge in [-0.15, -0.1) is 0 Å². The molecule has 2 heteroatoms. The van der Waals surface area contributed by atoms with Crippen LogP contribution in [0.2, 0.25) is 0 Å². The molecular weight excluding hydrogens is 150 g/mol. The van der Waals surface area contributed by atoms with Gasteiger partial charge in [0.15, 0.2) is 5.78 Å². The average Bonchev–Trinajstić information content (AvgIpc) is 2.36. The molecule has 2 aliphatic rings. The predicted molar refractivity (Wildman–Crippen MR) is 44.2 cm³/mol. The Morgan fingerprint density at radius 3 is 2.50 bits per heavy atom. The number of rotatable bonds is 0. The fraction of sp³-hybridized carbons (Fsp3) is 0.800. The van der Waals surface area contributed by atoms with Gasteiger partial charge in [0.05, 0.1) is 6.07 Å². The van der Waals surface area contributed by atoms with Crippen molar-refractivity contribution in [3.8, 4) is 6.07 Å². The minimum absolute atomic E-state index is 0.0706. The van der Waals surface area contributed by atoms with Gasteiger partial charge >= 0.3 is 0 Å². The molecule has 2 rings (SSSR count). The largest absolute Gasteiger partial charge is 0.298 e. The van der Waals surface area contributed by atoms with Crippen LogP contribution in [0.15, 0.2) is 0 Å². The van der Waals surface area contributed by atoms with Crippen molar-refractivity contribution in [3.05, 3.63) is 0 Å². The Hall–Kier alpha value is -0.840. The zero-order valence-corrected chi connectivity index (χ0v) is 7.55. The van der Waals surface area contributed by atoms with E-state index in [1.54, 1.807) is 0 Å². The van der Waals surface area contributed by atoms with Crippen LogP contribution < -0.4 is 0 Å². The molecule has 0 amide bonds. The highest BCUT2D eigenvalue weighted by Gasteiger charge is 2.64. The molecule has 0 aromatic carbocycles. The number of carbonyl (C=O) groups is 1. The topological polar surface area (TPSA) is 40.9 Å². The second kappa shape index (κ2) is 1.90. The van der Waals surface area contributed by atoms with E-state index in [4.69, 9.17) is 5.26 Å². The highest BCUT2D eigenvalue weighted by atomic mass is 16.1. The molecule has 2 fully saturated rings. The Labute approximate surface area is 72.6 Å². The summed E-state index contributed by atoms with van der Waals surface area (Å²) >= 11 is 0. The van der Waals surface area contributed by atoms with E-state index in [1.165, 1.54) is 0 Å². The summed E-state index contributed by atoms with van der Waals surface area (Å²) in [6.07, 6.45) is 2.49. The molecule has 2 unspecified atom stereocenters. The molecule has 2 nitrogen and oxygen atoms in total. The minimum Gasteiger partial charge on any atom is -0.298 e. The molecule has 2 bridgehead atoms. The van der Waals surface area contributed by atoms with E-state index in [0.29, 0.717) is 12.3 Å². The van der Waals surface area contributed by atoms with E-state index >= 15 is 0 Å². The van der Waals surface area contributed by atoms with Crippen molar-refractivity contribution in [2.24, 2.45) is 16.7 Å². The fourth-order valence-corrected chi connectivity index (χ4v) is 2.94. The highest BCUT2D eigenvalue weighted by Crippen LogP contribution is 2.63. The summed E-state index contributed by atoms with van der Waals surface area (Å²) in [6, 6.07) is 2.26. The van der Waals surface area contributed by atoms with Gasteiger partial charge in [-0.05, 0) is 24.2 Å². The second-order valence-electron chi connectivity index (χ2n) is 4.60. The van der Waals surface area contributed by atoms with Crippen LogP contribution in [0.25, 0.3) is 0 Å². The maximum absolute atomic E-state index is 11.6. The average molecular weight is 163 g/mol. The molecule has 0 radical (unpaired) electrons. The third-order valence-electron chi connectivity index (χ3n) is 4.09. The number of carbonyl (C=O) groups excluding carboxylic acids is 1. The number of ketones is 1. The Kier molecular flexibility index (Phi) is 1.24. The third kappa shape index (κ3) is 0.555. The number of fused-ring (bicyclic) bond motifs is 2. The molecule has 0 aliphatic heterocycles. The molecule has 0 aromatic heterocycles. The molecule has 2 atom stereocenters. The summed E-state index contributed by atoms with van der Waals surface area (Å²) in [7, 11) is 0. The first-order chi connectivity index (χ1) is 5.54.